The van der Waals surface area contributed by atoms with Gasteiger partial charge in [0.05, 0.1) is 5.56 Å². The monoisotopic (exact) mass is 496 g/mol. The van der Waals surface area contributed by atoms with E-state index in [4.69, 9.17) is 4.52 Å². The molecular weight excluding hydrogens is 466 g/mol. The maximum Gasteiger partial charge on any atom is 0.276 e. The Kier molecular flexibility index (Phi) is 8.07. The first-order chi connectivity index (χ1) is 17.4. The SMILES string of the molecule is CCCc1cc(C(=O)N2CCC(C(Cc3ccc(F)cc3F)N(C)C(=O)c3cccnc3)CC2)no1. The minimum atomic E-state index is -0.644. The molecule has 1 atom stereocenters. The predicted octanol–water partition coefficient (Wildman–Crippen LogP) is 4.54. The largest absolute Gasteiger partial charge is 0.361 e. The van der Waals surface area contributed by atoms with Crippen molar-refractivity contribution in [2.24, 2.45) is 5.92 Å². The Morgan fingerprint density at radius 3 is 2.64 bits per heavy atom. The molecule has 7 nitrogen and oxygen atoms in total. The Hall–Kier alpha value is -3.62. The van der Waals surface area contributed by atoms with E-state index < -0.39 is 11.6 Å². The van der Waals surface area contributed by atoms with E-state index in [1.54, 1.807) is 41.2 Å². The van der Waals surface area contributed by atoms with E-state index in [0.717, 1.165) is 18.9 Å². The summed E-state index contributed by atoms with van der Waals surface area (Å²) in [4.78, 5) is 33.5. The van der Waals surface area contributed by atoms with Crippen LogP contribution in [0.15, 0.2) is 53.3 Å². The number of rotatable bonds is 8. The summed E-state index contributed by atoms with van der Waals surface area (Å²) in [6.45, 7) is 2.99. The second-order valence-corrected chi connectivity index (χ2v) is 9.22. The van der Waals surface area contributed by atoms with Crippen LogP contribution in [0.2, 0.25) is 0 Å². The maximum absolute atomic E-state index is 14.6. The van der Waals surface area contributed by atoms with Crippen molar-refractivity contribution in [3.63, 3.8) is 0 Å². The molecule has 0 spiro atoms. The first-order valence-electron chi connectivity index (χ1n) is 12.2. The number of hydrogen-bond donors (Lipinski definition) is 0. The lowest BCUT2D eigenvalue weighted by molar-refractivity contribution is 0.0516. The standard InChI is InChI=1S/C27H30F2N4O3/c1-3-5-22-16-24(31-36-22)27(35)33-12-9-18(10-13-33)25(14-19-7-8-21(28)15-23(19)29)32(2)26(34)20-6-4-11-30-17-20/h4,6-8,11,15-18,25H,3,5,9-10,12-14H2,1-2H3. The van der Waals surface area contributed by atoms with Gasteiger partial charge in [0.1, 0.15) is 17.4 Å². The van der Waals surface area contributed by atoms with Gasteiger partial charge in [-0.25, -0.2) is 8.78 Å². The summed E-state index contributed by atoms with van der Waals surface area (Å²) >= 11 is 0. The number of amides is 2. The Labute approximate surface area is 209 Å². The van der Waals surface area contributed by atoms with Gasteiger partial charge in [-0.15, -0.1) is 0 Å². The highest BCUT2D eigenvalue weighted by molar-refractivity contribution is 5.94. The van der Waals surface area contributed by atoms with Gasteiger partial charge in [0.25, 0.3) is 11.8 Å². The van der Waals surface area contributed by atoms with E-state index in [9.17, 15) is 18.4 Å². The van der Waals surface area contributed by atoms with Gasteiger partial charge in [-0.2, -0.15) is 0 Å². The number of carbonyl (C=O) groups is 2. The van der Waals surface area contributed by atoms with Gasteiger partial charge in [-0.1, -0.05) is 18.1 Å². The highest BCUT2D eigenvalue weighted by atomic mass is 19.1. The predicted molar refractivity (Wildman–Crippen MR) is 129 cm³/mol. The van der Waals surface area contributed by atoms with Crippen LogP contribution in [0.5, 0.6) is 0 Å². The zero-order chi connectivity index (χ0) is 25.7. The van der Waals surface area contributed by atoms with Crippen molar-refractivity contribution in [3.05, 3.63) is 83.0 Å². The lowest BCUT2D eigenvalue weighted by Crippen LogP contribution is -2.48. The summed E-state index contributed by atoms with van der Waals surface area (Å²) in [5.41, 5.74) is 1.08. The number of aryl methyl sites for hydroxylation is 1. The molecule has 1 aliphatic rings. The van der Waals surface area contributed by atoms with Gasteiger partial charge in [0.15, 0.2) is 5.69 Å². The molecule has 1 unspecified atom stereocenters. The van der Waals surface area contributed by atoms with Crippen LogP contribution in [0, 0.1) is 17.6 Å². The molecule has 9 heteroatoms. The highest BCUT2D eigenvalue weighted by Gasteiger charge is 2.34. The van der Waals surface area contributed by atoms with Gasteiger partial charge < -0.3 is 14.3 Å². The number of nitrogens with zero attached hydrogens (tertiary/aromatic N) is 4. The van der Waals surface area contributed by atoms with Crippen molar-refractivity contribution in [2.45, 2.75) is 45.1 Å². The van der Waals surface area contributed by atoms with Crippen LogP contribution in [-0.2, 0) is 12.8 Å². The number of likely N-dealkylation sites (N-methyl/N-ethyl adjacent to an activating group) is 1. The number of halogens is 2. The third-order valence-corrected chi connectivity index (χ3v) is 6.82. The van der Waals surface area contributed by atoms with E-state index in [2.05, 4.69) is 10.1 Å². The third-order valence-electron chi connectivity index (χ3n) is 6.82. The Morgan fingerprint density at radius 2 is 1.97 bits per heavy atom. The summed E-state index contributed by atoms with van der Waals surface area (Å²) in [6, 6.07) is 8.24. The minimum absolute atomic E-state index is 0.0112. The molecule has 1 saturated heterocycles. The van der Waals surface area contributed by atoms with Crippen molar-refractivity contribution in [1.82, 2.24) is 19.9 Å². The summed E-state index contributed by atoms with van der Waals surface area (Å²) in [6.07, 6.45) is 6.20. The van der Waals surface area contributed by atoms with E-state index in [-0.39, 0.29) is 30.2 Å². The van der Waals surface area contributed by atoms with E-state index >= 15 is 0 Å². The number of pyridine rings is 1. The van der Waals surface area contributed by atoms with E-state index in [1.165, 1.54) is 18.3 Å². The molecule has 0 saturated carbocycles. The number of benzene rings is 1. The molecule has 0 radical (unpaired) electrons. The third kappa shape index (κ3) is 5.78. The smallest absolute Gasteiger partial charge is 0.276 e. The van der Waals surface area contributed by atoms with Gasteiger partial charge >= 0.3 is 0 Å². The highest BCUT2D eigenvalue weighted by Crippen LogP contribution is 2.29. The van der Waals surface area contributed by atoms with Crippen molar-refractivity contribution in [1.29, 1.82) is 0 Å². The van der Waals surface area contributed by atoms with Crippen LogP contribution in [0.3, 0.4) is 0 Å². The molecule has 2 aromatic heterocycles. The van der Waals surface area contributed by atoms with Crippen LogP contribution in [-0.4, -0.2) is 57.9 Å². The normalized spacial score (nSPS) is 15.1. The van der Waals surface area contributed by atoms with Crippen LogP contribution >= 0.6 is 0 Å². The molecule has 1 fully saturated rings. The van der Waals surface area contributed by atoms with Crippen LogP contribution in [0.1, 0.15) is 58.4 Å². The first kappa shape index (κ1) is 25.5. The number of piperidine rings is 1. The van der Waals surface area contributed by atoms with E-state index in [0.29, 0.717) is 48.5 Å². The second-order valence-electron chi connectivity index (χ2n) is 9.22. The molecule has 3 heterocycles. The van der Waals surface area contributed by atoms with Crippen LogP contribution < -0.4 is 0 Å². The van der Waals surface area contributed by atoms with Gasteiger partial charge in [-0.05, 0) is 55.4 Å². The molecular formula is C27H30F2N4O3. The molecule has 36 heavy (non-hydrogen) atoms. The molecule has 0 bridgehead atoms. The minimum Gasteiger partial charge on any atom is -0.361 e. The summed E-state index contributed by atoms with van der Waals surface area (Å²) in [5, 5.41) is 3.92. The van der Waals surface area contributed by atoms with Crippen molar-refractivity contribution in [3.8, 4) is 0 Å². The molecule has 1 aliphatic heterocycles. The average Bonchev–Trinajstić information content (AvgIpc) is 3.36. The molecule has 190 valence electrons. The molecule has 0 N–H and O–H groups in total. The Balaban J connectivity index is 1.50. The number of carbonyl (C=O) groups excluding carboxylic acids is 2. The van der Waals surface area contributed by atoms with Crippen LogP contribution in [0.25, 0.3) is 0 Å². The van der Waals surface area contributed by atoms with Gasteiger partial charge in [-0.3, -0.25) is 14.6 Å². The Bertz CT molecular complexity index is 1190. The summed E-state index contributed by atoms with van der Waals surface area (Å²) in [5.74, 6) is -0.983. The van der Waals surface area contributed by atoms with Gasteiger partial charge in [0, 0.05) is 57.1 Å². The molecule has 0 aliphatic carbocycles. The molecule has 4 rings (SSSR count). The first-order valence-corrected chi connectivity index (χ1v) is 12.2. The zero-order valence-electron chi connectivity index (χ0n) is 20.5. The van der Waals surface area contributed by atoms with E-state index in [1.807, 2.05) is 6.92 Å². The lowest BCUT2D eigenvalue weighted by atomic mass is 9.84. The second kappa shape index (κ2) is 11.4. The summed E-state index contributed by atoms with van der Waals surface area (Å²) < 4.78 is 33.3. The lowest BCUT2D eigenvalue weighted by Gasteiger charge is -2.40. The fraction of sp³-hybridized carbons (Fsp3) is 0.407. The fourth-order valence-corrected chi connectivity index (χ4v) is 4.80. The maximum atomic E-state index is 14.6. The van der Waals surface area contributed by atoms with Crippen molar-refractivity contribution < 1.29 is 22.9 Å². The number of likely N-dealkylation sites (tertiary alicyclic amines) is 1. The molecule has 3 aromatic rings. The number of aromatic nitrogens is 2. The molecule has 1 aromatic carbocycles. The fourth-order valence-electron chi connectivity index (χ4n) is 4.80. The van der Waals surface area contributed by atoms with Crippen molar-refractivity contribution >= 4 is 11.8 Å². The van der Waals surface area contributed by atoms with Crippen LogP contribution in [0.4, 0.5) is 8.78 Å². The van der Waals surface area contributed by atoms with Gasteiger partial charge in [0.2, 0.25) is 0 Å². The van der Waals surface area contributed by atoms with Crippen molar-refractivity contribution in [2.75, 3.05) is 20.1 Å². The quantitative estimate of drug-likeness (QED) is 0.458. The summed E-state index contributed by atoms with van der Waals surface area (Å²) in [7, 11) is 1.70. The molecule has 2 amide bonds. The average molecular weight is 497 g/mol. The zero-order valence-corrected chi connectivity index (χ0v) is 20.5. The number of hydrogen-bond acceptors (Lipinski definition) is 5. The topological polar surface area (TPSA) is 79.5 Å². The Morgan fingerprint density at radius 1 is 1.19 bits per heavy atom.